The molecule has 2 aromatic heterocycles. The standard InChI is InChI=1S/C23H23N3O7S2/c1-15-11-16(2)25-23(24-15)34-14-18-12-20(27)21(13-32-18)33-22(28)17-3-5-19(6-4-17)35(29,30)26-7-9-31-10-8-26/h3-6,11-13H,7-10,14H2,1-2H3. The lowest BCUT2D eigenvalue weighted by Crippen LogP contribution is -2.40. The molecule has 3 heterocycles. The molecule has 35 heavy (non-hydrogen) atoms. The maximum absolute atomic E-state index is 12.7. The predicted octanol–water partition coefficient (Wildman–Crippen LogP) is 2.58. The summed E-state index contributed by atoms with van der Waals surface area (Å²) in [6, 6.07) is 8.46. The Bertz CT molecular complexity index is 1360. The molecule has 184 valence electrons. The van der Waals surface area contributed by atoms with Crippen molar-refractivity contribution in [3.05, 3.63) is 75.6 Å². The lowest BCUT2D eigenvalue weighted by atomic mass is 10.2. The molecule has 1 aliphatic rings. The molecule has 0 atom stereocenters. The number of sulfonamides is 1. The number of carbonyl (C=O) groups is 1. The van der Waals surface area contributed by atoms with Crippen LogP contribution in [0.4, 0.5) is 0 Å². The SMILES string of the molecule is Cc1cc(C)nc(SCc2cc(=O)c(OC(=O)c3ccc(S(=O)(=O)N4CCOCC4)cc3)co2)n1. The van der Waals surface area contributed by atoms with Crippen LogP contribution in [0.5, 0.6) is 5.75 Å². The molecule has 12 heteroatoms. The number of rotatable bonds is 7. The van der Waals surface area contributed by atoms with Gasteiger partial charge in [-0.2, -0.15) is 4.31 Å². The lowest BCUT2D eigenvalue weighted by Gasteiger charge is -2.26. The Morgan fingerprint density at radius 1 is 1.09 bits per heavy atom. The molecule has 1 fully saturated rings. The number of esters is 1. The maximum Gasteiger partial charge on any atom is 0.343 e. The summed E-state index contributed by atoms with van der Waals surface area (Å²) in [6.45, 7) is 4.96. The van der Waals surface area contributed by atoms with Gasteiger partial charge in [-0.15, -0.1) is 0 Å². The van der Waals surface area contributed by atoms with Crippen molar-refractivity contribution in [1.82, 2.24) is 14.3 Å². The number of morpholine rings is 1. The Kier molecular flexibility index (Phi) is 7.65. The quantitative estimate of drug-likeness (QED) is 0.262. The summed E-state index contributed by atoms with van der Waals surface area (Å²) < 4.78 is 42.5. The third-order valence-electron chi connectivity index (χ3n) is 5.06. The smallest absolute Gasteiger partial charge is 0.343 e. The van der Waals surface area contributed by atoms with Gasteiger partial charge in [0.25, 0.3) is 0 Å². The van der Waals surface area contributed by atoms with Gasteiger partial charge in [0.2, 0.25) is 21.2 Å². The van der Waals surface area contributed by atoms with Gasteiger partial charge in [0.05, 0.1) is 29.4 Å². The molecule has 4 rings (SSSR count). The van der Waals surface area contributed by atoms with Crippen LogP contribution in [0.2, 0.25) is 0 Å². The van der Waals surface area contributed by atoms with Gasteiger partial charge in [-0.05, 0) is 44.2 Å². The van der Waals surface area contributed by atoms with Crippen molar-refractivity contribution in [1.29, 1.82) is 0 Å². The van der Waals surface area contributed by atoms with Crippen molar-refractivity contribution >= 4 is 27.8 Å². The van der Waals surface area contributed by atoms with Crippen molar-refractivity contribution in [3.63, 3.8) is 0 Å². The van der Waals surface area contributed by atoms with E-state index in [0.29, 0.717) is 29.9 Å². The first-order valence-electron chi connectivity index (χ1n) is 10.7. The summed E-state index contributed by atoms with van der Waals surface area (Å²) >= 11 is 1.32. The highest BCUT2D eigenvalue weighted by atomic mass is 32.2. The van der Waals surface area contributed by atoms with Crippen LogP contribution in [0.1, 0.15) is 27.5 Å². The fraction of sp³-hybridized carbons (Fsp3) is 0.304. The summed E-state index contributed by atoms with van der Waals surface area (Å²) in [6.07, 6.45) is 1.08. The Morgan fingerprint density at radius 3 is 2.37 bits per heavy atom. The third kappa shape index (κ3) is 6.14. The van der Waals surface area contributed by atoms with Crippen LogP contribution in [0.3, 0.4) is 0 Å². The van der Waals surface area contributed by atoms with Crippen LogP contribution in [0, 0.1) is 13.8 Å². The first kappa shape index (κ1) is 25.0. The molecule has 0 bridgehead atoms. The maximum atomic E-state index is 12.7. The van der Waals surface area contributed by atoms with Crippen LogP contribution in [-0.4, -0.2) is 55.0 Å². The van der Waals surface area contributed by atoms with Crippen molar-refractivity contribution in [2.24, 2.45) is 0 Å². The van der Waals surface area contributed by atoms with Gasteiger partial charge in [-0.25, -0.2) is 23.2 Å². The fourth-order valence-corrected chi connectivity index (χ4v) is 5.59. The lowest BCUT2D eigenvalue weighted by molar-refractivity contribution is 0.0728. The van der Waals surface area contributed by atoms with E-state index in [1.54, 1.807) is 0 Å². The molecule has 10 nitrogen and oxygen atoms in total. The number of hydrogen-bond acceptors (Lipinski definition) is 10. The Hall–Kier alpha value is -3.06. The minimum absolute atomic E-state index is 0.0603. The summed E-state index contributed by atoms with van der Waals surface area (Å²) in [5.74, 6) is -0.374. The van der Waals surface area contributed by atoms with Gasteiger partial charge in [0.1, 0.15) is 12.0 Å². The monoisotopic (exact) mass is 517 g/mol. The number of carbonyl (C=O) groups excluding carboxylic acids is 1. The molecule has 0 saturated carbocycles. The van der Waals surface area contributed by atoms with Crippen LogP contribution in [-0.2, 0) is 20.5 Å². The number of nitrogens with zero attached hydrogens (tertiary/aromatic N) is 3. The molecule has 1 aromatic carbocycles. The first-order chi connectivity index (χ1) is 16.7. The largest absolute Gasteiger partial charge is 0.464 e. The van der Waals surface area contributed by atoms with E-state index < -0.39 is 21.4 Å². The van der Waals surface area contributed by atoms with Gasteiger partial charge >= 0.3 is 5.97 Å². The van der Waals surface area contributed by atoms with Gasteiger partial charge in [0.15, 0.2) is 5.16 Å². The second-order valence-corrected chi connectivity index (χ2v) is 10.6. The zero-order valence-electron chi connectivity index (χ0n) is 19.1. The van der Waals surface area contributed by atoms with Crippen LogP contribution < -0.4 is 10.2 Å². The molecule has 0 unspecified atom stereocenters. The summed E-state index contributed by atoms with van der Waals surface area (Å²) in [7, 11) is -3.68. The zero-order chi connectivity index (χ0) is 25.0. The highest BCUT2D eigenvalue weighted by molar-refractivity contribution is 7.98. The minimum Gasteiger partial charge on any atom is -0.464 e. The predicted molar refractivity (Wildman–Crippen MR) is 127 cm³/mol. The molecule has 0 aliphatic carbocycles. The average Bonchev–Trinajstić information content (AvgIpc) is 2.84. The summed E-state index contributed by atoms with van der Waals surface area (Å²) in [5, 5.41) is 0.569. The van der Waals surface area contributed by atoms with E-state index in [9.17, 15) is 18.0 Å². The molecule has 0 spiro atoms. The van der Waals surface area contributed by atoms with E-state index in [1.807, 2.05) is 19.9 Å². The van der Waals surface area contributed by atoms with Gasteiger partial charge in [0, 0.05) is 30.5 Å². The van der Waals surface area contributed by atoms with Crippen molar-refractivity contribution in [2.45, 2.75) is 29.7 Å². The van der Waals surface area contributed by atoms with E-state index in [0.717, 1.165) is 17.7 Å². The van der Waals surface area contributed by atoms with Gasteiger partial charge < -0.3 is 13.9 Å². The average molecular weight is 518 g/mol. The van der Waals surface area contributed by atoms with Gasteiger partial charge in [-0.3, -0.25) is 4.79 Å². The fourth-order valence-electron chi connectivity index (χ4n) is 3.34. The van der Waals surface area contributed by atoms with E-state index in [1.165, 1.54) is 46.4 Å². The van der Waals surface area contributed by atoms with E-state index >= 15 is 0 Å². The van der Waals surface area contributed by atoms with E-state index in [4.69, 9.17) is 13.9 Å². The zero-order valence-corrected chi connectivity index (χ0v) is 20.7. The van der Waals surface area contributed by atoms with Crippen LogP contribution in [0.25, 0.3) is 0 Å². The second-order valence-electron chi connectivity index (χ2n) is 7.73. The van der Waals surface area contributed by atoms with E-state index in [2.05, 4.69) is 9.97 Å². The number of benzene rings is 1. The summed E-state index contributed by atoms with van der Waals surface area (Å²) in [4.78, 5) is 33.6. The third-order valence-corrected chi connectivity index (χ3v) is 7.84. The molecule has 0 amide bonds. The number of thioether (sulfide) groups is 1. The molecule has 3 aromatic rings. The van der Waals surface area contributed by atoms with Crippen LogP contribution in [0.15, 0.2) is 61.9 Å². The molecule has 0 N–H and O–H groups in total. The number of aryl methyl sites for hydroxylation is 2. The molecule has 1 aliphatic heterocycles. The molecule has 1 saturated heterocycles. The molecular formula is C23H23N3O7S2. The number of aromatic nitrogens is 2. The van der Waals surface area contributed by atoms with E-state index in [-0.39, 0.29) is 29.3 Å². The molecule has 0 radical (unpaired) electrons. The molecular weight excluding hydrogens is 494 g/mol. The summed E-state index contributed by atoms with van der Waals surface area (Å²) in [5.41, 5.74) is 1.26. The number of hydrogen-bond donors (Lipinski definition) is 0. The Morgan fingerprint density at radius 2 is 1.74 bits per heavy atom. The first-order valence-corrected chi connectivity index (χ1v) is 13.1. The minimum atomic E-state index is -3.68. The second kappa shape index (κ2) is 10.7. The normalized spacial score (nSPS) is 14.6. The van der Waals surface area contributed by atoms with Crippen molar-refractivity contribution < 1.29 is 27.1 Å². The van der Waals surface area contributed by atoms with Crippen LogP contribution >= 0.6 is 11.8 Å². The topological polar surface area (TPSA) is 129 Å². The number of ether oxygens (including phenoxy) is 2. The highest BCUT2D eigenvalue weighted by Gasteiger charge is 2.26. The Balaban J connectivity index is 1.40. The van der Waals surface area contributed by atoms with Crippen molar-refractivity contribution in [2.75, 3.05) is 26.3 Å². The highest BCUT2D eigenvalue weighted by Crippen LogP contribution is 2.21. The van der Waals surface area contributed by atoms with Gasteiger partial charge in [-0.1, -0.05) is 11.8 Å². The Labute approximate surface area is 206 Å². The van der Waals surface area contributed by atoms with Crippen molar-refractivity contribution in [3.8, 4) is 5.75 Å².